The lowest BCUT2D eigenvalue weighted by Crippen LogP contribution is -2.26. The molecule has 2 aromatic rings. The Morgan fingerprint density at radius 2 is 2.27 bits per heavy atom. The Kier molecular flexibility index (Phi) is 3.71. The Hall–Kier alpha value is -2.19. The number of carbonyl (C=O) groups is 1. The van der Waals surface area contributed by atoms with Crippen molar-refractivity contribution in [3.8, 4) is 0 Å². The highest BCUT2D eigenvalue weighted by Crippen LogP contribution is 2.30. The van der Waals surface area contributed by atoms with E-state index < -0.39 is 10.0 Å². The Bertz CT molecular complexity index is 800. The normalized spacial score (nSPS) is 14.1. The zero-order valence-corrected chi connectivity index (χ0v) is 12.9. The van der Waals surface area contributed by atoms with Crippen LogP contribution in [0.2, 0.25) is 0 Å². The third-order valence-corrected chi connectivity index (χ3v) is 5.02. The number of imidazole rings is 1. The molecule has 1 aromatic carbocycles. The van der Waals surface area contributed by atoms with Gasteiger partial charge in [-0.15, -0.1) is 0 Å². The van der Waals surface area contributed by atoms with Gasteiger partial charge in [0.2, 0.25) is 15.9 Å². The van der Waals surface area contributed by atoms with Gasteiger partial charge in [0, 0.05) is 31.5 Å². The molecule has 1 aromatic heterocycles. The molecule has 0 saturated carbocycles. The van der Waals surface area contributed by atoms with Crippen LogP contribution in [-0.4, -0.2) is 30.8 Å². The molecule has 1 aliphatic heterocycles. The van der Waals surface area contributed by atoms with Crippen molar-refractivity contribution in [3.05, 3.63) is 42.0 Å². The summed E-state index contributed by atoms with van der Waals surface area (Å²) in [5, 5.41) is 0. The molecule has 116 valence electrons. The number of aromatic amines is 1. The number of carbonyl (C=O) groups excluding carboxylic acids is 1. The second-order valence-electron chi connectivity index (χ2n) is 5.07. The van der Waals surface area contributed by atoms with Crippen LogP contribution in [0.15, 0.2) is 35.5 Å². The molecule has 7 nitrogen and oxygen atoms in total. The summed E-state index contributed by atoms with van der Waals surface area (Å²) in [5.41, 5.74) is 1.66. The molecule has 0 fully saturated rings. The van der Waals surface area contributed by atoms with E-state index in [2.05, 4.69) is 14.7 Å². The number of benzene rings is 1. The van der Waals surface area contributed by atoms with Crippen molar-refractivity contribution in [1.29, 1.82) is 0 Å². The topological polar surface area (TPSA) is 95.2 Å². The van der Waals surface area contributed by atoms with Crippen LogP contribution in [-0.2, 0) is 27.8 Å². The minimum atomic E-state index is -3.61. The lowest BCUT2D eigenvalue weighted by atomic mass is 10.2. The van der Waals surface area contributed by atoms with E-state index in [1.165, 1.54) is 13.0 Å². The van der Waals surface area contributed by atoms with Crippen LogP contribution in [0.1, 0.15) is 18.3 Å². The number of rotatable bonds is 4. The van der Waals surface area contributed by atoms with Crippen LogP contribution in [0.3, 0.4) is 0 Å². The first kappa shape index (κ1) is 14.7. The Morgan fingerprint density at radius 1 is 1.45 bits per heavy atom. The summed E-state index contributed by atoms with van der Waals surface area (Å²) in [4.78, 5) is 20.2. The predicted octanol–water partition coefficient (Wildman–Crippen LogP) is 0.797. The Morgan fingerprint density at radius 3 is 2.95 bits per heavy atom. The highest BCUT2D eigenvalue weighted by molar-refractivity contribution is 7.89. The number of anilines is 1. The van der Waals surface area contributed by atoms with E-state index in [1.54, 1.807) is 29.4 Å². The molecule has 0 unspecified atom stereocenters. The summed E-state index contributed by atoms with van der Waals surface area (Å²) in [6.07, 6.45) is 3.86. The summed E-state index contributed by atoms with van der Waals surface area (Å²) in [6.45, 7) is 2.20. The van der Waals surface area contributed by atoms with Gasteiger partial charge >= 0.3 is 0 Å². The third-order valence-electron chi connectivity index (χ3n) is 3.62. The van der Waals surface area contributed by atoms with Crippen molar-refractivity contribution in [2.45, 2.75) is 24.8 Å². The molecule has 22 heavy (non-hydrogen) atoms. The highest BCUT2D eigenvalue weighted by Gasteiger charge is 2.24. The van der Waals surface area contributed by atoms with Crippen LogP contribution >= 0.6 is 0 Å². The smallest absolute Gasteiger partial charge is 0.240 e. The van der Waals surface area contributed by atoms with Crippen molar-refractivity contribution < 1.29 is 13.2 Å². The van der Waals surface area contributed by atoms with Gasteiger partial charge in [-0.25, -0.2) is 18.1 Å². The van der Waals surface area contributed by atoms with E-state index in [0.29, 0.717) is 18.8 Å². The standard InChI is InChI=1S/C14H16N4O3S/c1-10(19)18-7-4-11-8-12(2-3-13(11)18)22(20,21)17-9-14-15-5-6-16-14/h2-3,5-6,8,17H,4,7,9H2,1H3,(H,15,16). The fourth-order valence-electron chi connectivity index (χ4n) is 2.51. The average Bonchev–Trinajstić information content (AvgIpc) is 3.13. The maximum atomic E-state index is 12.3. The van der Waals surface area contributed by atoms with Gasteiger partial charge in [-0.2, -0.15) is 0 Å². The fraction of sp³-hybridized carbons (Fsp3) is 0.286. The van der Waals surface area contributed by atoms with E-state index in [0.717, 1.165) is 11.3 Å². The number of H-pyrrole nitrogens is 1. The maximum Gasteiger partial charge on any atom is 0.240 e. The van der Waals surface area contributed by atoms with E-state index in [1.807, 2.05) is 0 Å². The molecule has 1 amide bonds. The molecule has 1 aliphatic rings. The van der Waals surface area contributed by atoms with Crippen LogP contribution in [0.5, 0.6) is 0 Å². The molecule has 2 heterocycles. The first-order valence-corrected chi connectivity index (χ1v) is 8.34. The molecular weight excluding hydrogens is 304 g/mol. The number of hydrogen-bond donors (Lipinski definition) is 2. The molecule has 0 aliphatic carbocycles. The summed E-state index contributed by atoms with van der Waals surface area (Å²) in [7, 11) is -3.61. The van der Waals surface area contributed by atoms with Gasteiger partial charge in [0.05, 0.1) is 11.4 Å². The van der Waals surface area contributed by atoms with E-state index in [-0.39, 0.29) is 17.3 Å². The summed E-state index contributed by atoms with van der Waals surface area (Å²) >= 11 is 0. The van der Waals surface area contributed by atoms with Gasteiger partial charge < -0.3 is 9.88 Å². The molecule has 0 spiro atoms. The first-order chi connectivity index (χ1) is 10.5. The number of fused-ring (bicyclic) bond motifs is 1. The second-order valence-corrected chi connectivity index (χ2v) is 6.84. The maximum absolute atomic E-state index is 12.3. The average molecular weight is 320 g/mol. The fourth-order valence-corrected chi connectivity index (χ4v) is 3.55. The van der Waals surface area contributed by atoms with Crippen LogP contribution < -0.4 is 9.62 Å². The van der Waals surface area contributed by atoms with Gasteiger partial charge in [0.25, 0.3) is 0 Å². The summed E-state index contributed by atoms with van der Waals surface area (Å²) in [6, 6.07) is 4.83. The summed E-state index contributed by atoms with van der Waals surface area (Å²) < 4.78 is 27.1. The minimum Gasteiger partial charge on any atom is -0.347 e. The molecule has 2 N–H and O–H groups in total. The Balaban J connectivity index is 1.82. The SMILES string of the molecule is CC(=O)N1CCc2cc(S(=O)(=O)NCc3ncc[nH]3)ccc21. The second kappa shape index (κ2) is 5.54. The van der Waals surface area contributed by atoms with Gasteiger partial charge in [-0.05, 0) is 30.2 Å². The van der Waals surface area contributed by atoms with Crippen molar-refractivity contribution in [2.75, 3.05) is 11.4 Å². The van der Waals surface area contributed by atoms with E-state index >= 15 is 0 Å². The molecule has 8 heteroatoms. The van der Waals surface area contributed by atoms with E-state index in [4.69, 9.17) is 0 Å². The van der Waals surface area contributed by atoms with Crippen LogP contribution in [0, 0.1) is 0 Å². The number of nitrogens with one attached hydrogen (secondary N) is 2. The highest BCUT2D eigenvalue weighted by atomic mass is 32.2. The van der Waals surface area contributed by atoms with E-state index in [9.17, 15) is 13.2 Å². The van der Waals surface area contributed by atoms with Gasteiger partial charge in [0.15, 0.2) is 0 Å². The molecule has 0 atom stereocenters. The molecule has 0 saturated heterocycles. The molecule has 0 radical (unpaired) electrons. The number of hydrogen-bond acceptors (Lipinski definition) is 4. The zero-order valence-electron chi connectivity index (χ0n) is 12.0. The largest absolute Gasteiger partial charge is 0.347 e. The molecule has 0 bridgehead atoms. The lowest BCUT2D eigenvalue weighted by Gasteiger charge is -2.15. The van der Waals surface area contributed by atoms with Gasteiger partial charge in [-0.3, -0.25) is 4.79 Å². The third kappa shape index (κ3) is 2.75. The van der Waals surface area contributed by atoms with Crippen molar-refractivity contribution in [3.63, 3.8) is 0 Å². The van der Waals surface area contributed by atoms with Crippen molar-refractivity contribution in [1.82, 2.24) is 14.7 Å². The number of aromatic nitrogens is 2. The Labute approximate surface area is 128 Å². The summed E-state index contributed by atoms with van der Waals surface area (Å²) in [5.74, 6) is 0.512. The van der Waals surface area contributed by atoms with Crippen LogP contribution in [0.4, 0.5) is 5.69 Å². The van der Waals surface area contributed by atoms with Crippen molar-refractivity contribution in [2.24, 2.45) is 0 Å². The number of sulfonamides is 1. The quantitative estimate of drug-likeness (QED) is 0.871. The van der Waals surface area contributed by atoms with Gasteiger partial charge in [-0.1, -0.05) is 0 Å². The zero-order chi connectivity index (χ0) is 15.7. The van der Waals surface area contributed by atoms with Crippen LogP contribution in [0.25, 0.3) is 0 Å². The van der Waals surface area contributed by atoms with Crippen molar-refractivity contribution >= 4 is 21.6 Å². The molecular formula is C14H16N4O3S. The first-order valence-electron chi connectivity index (χ1n) is 6.86. The monoisotopic (exact) mass is 320 g/mol. The number of nitrogens with zero attached hydrogens (tertiary/aromatic N) is 2. The molecule has 3 rings (SSSR count). The lowest BCUT2D eigenvalue weighted by molar-refractivity contribution is -0.116. The van der Waals surface area contributed by atoms with Gasteiger partial charge in [0.1, 0.15) is 5.82 Å². The minimum absolute atomic E-state index is 0.0368. The predicted molar refractivity (Wildman–Crippen MR) is 80.8 cm³/mol. The number of amides is 1.